The summed E-state index contributed by atoms with van der Waals surface area (Å²) in [4.78, 5) is 17.0. The molecule has 0 saturated heterocycles. The van der Waals surface area contributed by atoms with E-state index in [0.717, 1.165) is 29.2 Å². The number of aliphatic imine (C=N–C) groups is 1. The van der Waals surface area contributed by atoms with E-state index in [1.165, 1.54) is 41.6 Å². The molecular formula is C28H28Cl2N4O3S. The second-order valence-corrected chi connectivity index (χ2v) is 11.4. The fraction of sp³-hybridized carbons (Fsp3) is 0.357. The van der Waals surface area contributed by atoms with Gasteiger partial charge in [0.2, 0.25) is 5.17 Å². The number of amides is 1. The molecule has 0 atom stereocenters. The number of ether oxygens (including phenoxy) is 2. The maximum absolute atomic E-state index is 12.8. The standard InChI is InChI=1S/C28H28Cl2N4O3S/c1-16-8-9-20(12-17(16)2)36-10-11-37-24-22(29)14-18(15-23(24)30)13-21-25(31)34-28(32-26(21)35)38-27(33-34)19-6-4-3-5-7-19/h8-9,12-15,19,31H,3-7,10-11H2,1-2H3/b21-13-,31-25?. The SMILES string of the molecule is Cc1ccc(OCCOc2c(Cl)cc(/C=C3/C(=N)N4N=C(C5CCCCC5)SC4=NC3=O)cc2Cl)cc1C. The summed E-state index contributed by atoms with van der Waals surface area (Å²) in [7, 11) is 0. The van der Waals surface area contributed by atoms with Crippen LogP contribution in [0.3, 0.4) is 0 Å². The van der Waals surface area contributed by atoms with Gasteiger partial charge in [0, 0.05) is 5.92 Å². The molecule has 38 heavy (non-hydrogen) atoms. The topological polar surface area (TPSA) is 87.3 Å². The molecule has 2 aromatic carbocycles. The van der Waals surface area contributed by atoms with Gasteiger partial charge in [-0.1, -0.05) is 48.5 Å². The summed E-state index contributed by atoms with van der Waals surface area (Å²) in [5.74, 6) is 0.989. The van der Waals surface area contributed by atoms with E-state index in [9.17, 15) is 4.79 Å². The Morgan fingerprint density at radius 1 is 1.05 bits per heavy atom. The van der Waals surface area contributed by atoms with Gasteiger partial charge >= 0.3 is 0 Å². The van der Waals surface area contributed by atoms with Gasteiger partial charge in [-0.05, 0) is 85.5 Å². The predicted molar refractivity (Wildman–Crippen MR) is 155 cm³/mol. The molecule has 0 radical (unpaired) electrons. The minimum atomic E-state index is -0.482. The largest absolute Gasteiger partial charge is 0.490 e. The van der Waals surface area contributed by atoms with E-state index in [0.29, 0.717) is 39.1 Å². The lowest BCUT2D eigenvalue weighted by Gasteiger charge is -2.20. The lowest BCUT2D eigenvalue weighted by Crippen LogP contribution is -2.35. The maximum atomic E-state index is 12.8. The van der Waals surface area contributed by atoms with Gasteiger partial charge in [-0.25, -0.2) is 0 Å². The van der Waals surface area contributed by atoms with Gasteiger partial charge in [0.25, 0.3) is 5.91 Å². The number of fused-ring (bicyclic) bond motifs is 1. The zero-order chi connectivity index (χ0) is 26.8. The monoisotopic (exact) mass is 570 g/mol. The van der Waals surface area contributed by atoms with E-state index in [1.54, 1.807) is 18.2 Å². The number of hydrazone groups is 1. The molecule has 3 aliphatic rings. The highest BCUT2D eigenvalue weighted by Gasteiger charge is 2.38. The molecule has 2 heterocycles. The van der Waals surface area contributed by atoms with Crippen LogP contribution in [0.15, 0.2) is 46.0 Å². The Morgan fingerprint density at radius 3 is 2.47 bits per heavy atom. The number of rotatable bonds is 7. The number of halogens is 2. The van der Waals surface area contributed by atoms with Crippen molar-refractivity contribution in [3.05, 3.63) is 62.6 Å². The van der Waals surface area contributed by atoms with Gasteiger partial charge in [0.1, 0.15) is 24.0 Å². The van der Waals surface area contributed by atoms with Gasteiger partial charge in [0.15, 0.2) is 11.6 Å². The molecule has 198 valence electrons. The Bertz CT molecular complexity index is 1360. The van der Waals surface area contributed by atoms with Crippen LogP contribution in [0.25, 0.3) is 6.08 Å². The van der Waals surface area contributed by atoms with Crippen LogP contribution in [-0.4, -0.2) is 40.2 Å². The van der Waals surface area contributed by atoms with Gasteiger partial charge < -0.3 is 9.47 Å². The van der Waals surface area contributed by atoms with Crippen LogP contribution in [0.4, 0.5) is 0 Å². The second-order valence-electron chi connectivity index (χ2n) is 9.55. The van der Waals surface area contributed by atoms with E-state index in [4.69, 9.17) is 38.1 Å². The van der Waals surface area contributed by atoms with Crippen LogP contribution in [0, 0.1) is 25.2 Å². The highest BCUT2D eigenvalue weighted by molar-refractivity contribution is 8.27. The molecule has 1 saturated carbocycles. The van der Waals surface area contributed by atoms with Crippen LogP contribution in [-0.2, 0) is 4.79 Å². The van der Waals surface area contributed by atoms with E-state index in [-0.39, 0.29) is 18.0 Å². The lowest BCUT2D eigenvalue weighted by atomic mass is 9.90. The highest BCUT2D eigenvalue weighted by Crippen LogP contribution is 2.38. The summed E-state index contributed by atoms with van der Waals surface area (Å²) in [5.41, 5.74) is 3.06. The summed E-state index contributed by atoms with van der Waals surface area (Å²) in [6.07, 6.45) is 7.34. The Balaban J connectivity index is 1.26. The number of carbonyl (C=O) groups excluding carboxylic acids is 1. The quantitative estimate of drug-likeness (QED) is 0.279. The first-order valence-electron chi connectivity index (χ1n) is 12.6. The molecule has 0 spiro atoms. The van der Waals surface area contributed by atoms with Crippen LogP contribution in [0.5, 0.6) is 11.5 Å². The van der Waals surface area contributed by atoms with Crippen LogP contribution in [0.2, 0.25) is 10.0 Å². The highest BCUT2D eigenvalue weighted by atomic mass is 35.5. The predicted octanol–water partition coefficient (Wildman–Crippen LogP) is 7.27. The maximum Gasteiger partial charge on any atom is 0.283 e. The van der Waals surface area contributed by atoms with Gasteiger partial charge in [-0.3, -0.25) is 10.2 Å². The first-order chi connectivity index (χ1) is 18.3. The molecule has 1 fully saturated rings. The molecule has 0 aromatic heterocycles. The third-order valence-electron chi connectivity index (χ3n) is 6.83. The van der Waals surface area contributed by atoms with Crippen molar-refractivity contribution in [1.29, 1.82) is 5.41 Å². The van der Waals surface area contributed by atoms with Crippen LogP contribution >= 0.6 is 35.0 Å². The molecule has 5 rings (SSSR count). The van der Waals surface area contributed by atoms with Crippen molar-refractivity contribution in [2.45, 2.75) is 46.0 Å². The van der Waals surface area contributed by atoms with Crippen molar-refractivity contribution in [3.8, 4) is 11.5 Å². The van der Waals surface area contributed by atoms with Crippen LogP contribution < -0.4 is 9.47 Å². The number of nitrogens with zero attached hydrogens (tertiary/aromatic N) is 3. The van der Waals surface area contributed by atoms with Crippen molar-refractivity contribution in [2.75, 3.05) is 13.2 Å². The van der Waals surface area contributed by atoms with Crippen LogP contribution in [0.1, 0.15) is 48.8 Å². The molecule has 1 N–H and O–H groups in total. The van der Waals surface area contributed by atoms with Gasteiger partial charge in [-0.15, -0.1) is 0 Å². The third kappa shape index (κ3) is 5.77. The van der Waals surface area contributed by atoms with Gasteiger partial charge in [-0.2, -0.15) is 15.1 Å². The fourth-order valence-electron chi connectivity index (χ4n) is 4.60. The molecule has 0 unspecified atom stereocenters. The fourth-order valence-corrected chi connectivity index (χ4v) is 6.27. The number of carbonyl (C=O) groups is 1. The smallest absolute Gasteiger partial charge is 0.283 e. The van der Waals surface area contributed by atoms with Gasteiger partial charge in [0.05, 0.1) is 15.6 Å². The first-order valence-corrected chi connectivity index (χ1v) is 14.2. The molecule has 7 nitrogen and oxygen atoms in total. The van der Waals surface area contributed by atoms with Crippen molar-refractivity contribution in [1.82, 2.24) is 5.01 Å². The molecule has 1 amide bonds. The molecule has 2 aromatic rings. The molecule has 10 heteroatoms. The Hall–Kier alpha value is -2.81. The van der Waals surface area contributed by atoms with Crippen molar-refractivity contribution in [3.63, 3.8) is 0 Å². The summed E-state index contributed by atoms with van der Waals surface area (Å²) in [5, 5.41) is 16.7. The third-order valence-corrected chi connectivity index (χ3v) is 8.47. The molecule has 1 aliphatic carbocycles. The average Bonchev–Trinajstić information content (AvgIpc) is 3.32. The number of aryl methyl sites for hydroxylation is 2. The zero-order valence-electron chi connectivity index (χ0n) is 21.2. The second kappa shape index (κ2) is 11.5. The number of amidine groups is 2. The first kappa shape index (κ1) is 26.8. The lowest BCUT2D eigenvalue weighted by molar-refractivity contribution is -0.114. The van der Waals surface area contributed by atoms with Crippen molar-refractivity contribution in [2.24, 2.45) is 16.0 Å². The molecule has 0 bridgehead atoms. The van der Waals surface area contributed by atoms with Crippen molar-refractivity contribution >= 4 is 63.0 Å². The Kier molecular flexibility index (Phi) is 8.12. The summed E-state index contributed by atoms with van der Waals surface area (Å²) in [6, 6.07) is 9.21. The number of hydrogen-bond acceptors (Lipinski definition) is 6. The number of nitrogens with one attached hydrogen (secondary N) is 1. The minimum absolute atomic E-state index is 0.00521. The molecule has 2 aliphatic heterocycles. The Labute approximate surface area is 236 Å². The summed E-state index contributed by atoms with van der Waals surface area (Å²) >= 11 is 14.3. The number of hydrogen-bond donors (Lipinski definition) is 1. The average molecular weight is 572 g/mol. The van der Waals surface area contributed by atoms with E-state index in [1.807, 2.05) is 25.1 Å². The van der Waals surface area contributed by atoms with E-state index < -0.39 is 5.91 Å². The summed E-state index contributed by atoms with van der Waals surface area (Å²) in [6.45, 7) is 4.66. The number of benzene rings is 2. The van der Waals surface area contributed by atoms with Crippen molar-refractivity contribution < 1.29 is 14.3 Å². The summed E-state index contributed by atoms with van der Waals surface area (Å²) < 4.78 is 11.5. The zero-order valence-corrected chi connectivity index (χ0v) is 23.6. The van der Waals surface area contributed by atoms with E-state index in [2.05, 4.69) is 17.0 Å². The number of thioether (sulfide) groups is 1. The van der Waals surface area contributed by atoms with E-state index >= 15 is 0 Å². The normalized spacial score (nSPS) is 18.9. The molecular weight excluding hydrogens is 543 g/mol. The minimum Gasteiger partial charge on any atom is -0.490 e. The Morgan fingerprint density at radius 2 is 1.76 bits per heavy atom.